The van der Waals surface area contributed by atoms with E-state index in [0.29, 0.717) is 12.5 Å². The standard InChI is InChI=1S/C17H31N3O2/c1-12(2)16(21)19-10-13-5-4-8-20(11-13)17(22)14-6-3-7-15(18)9-14/h12-15H,3-11,18H2,1-2H3,(H,19,21). The maximum absolute atomic E-state index is 12.7. The van der Waals surface area contributed by atoms with Crippen LogP contribution in [0.15, 0.2) is 0 Å². The summed E-state index contributed by atoms with van der Waals surface area (Å²) >= 11 is 0. The van der Waals surface area contributed by atoms with E-state index in [0.717, 1.165) is 51.6 Å². The van der Waals surface area contributed by atoms with Gasteiger partial charge in [0.05, 0.1) is 0 Å². The molecule has 0 bridgehead atoms. The van der Waals surface area contributed by atoms with E-state index in [4.69, 9.17) is 5.73 Å². The second kappa shape index (κ2) is 7.95. The molecule has 1 aliphatic carbocycles. The summed E-state index contributed by atoms with van der Waals surface area (Å²) in [4.78, 5) is 26.4. The summed E-state index contributed by atoms with van der Waals surface area (Å²) in [6.45, 7) is 6.13. The van der Waals surface area contributed by atoms with Gasteiger partial charge in [-0.05, 0) is 38.0 Å². The van der Waals surface area contributed by atoms with E-state index in [1.54, 1.807) is 0 Å². The normalized spacial score (nSPS) is 29.5. The quantitative estimate of drug-likeness (QED) is 0.826. The Hall–Kier alpha value is -1.10. The number of piperidine rings is 1. The van der Waals surface area contributed by atoms with E-state index in [-0.39, 0.29) is 29.7 Å². The number of nitrogens with zero attached hydrogens (tertiary/aromatic N) is 1. The molecule has 2 aliphatic rings. The van der Waals surface area contributed by atoms with Gasteiger partial charge in [-0.15, -0.1) is 0 Å². The Morgan fingerprint density at radius 3 is 2.68 bits per heavy atom. The smallest absolute Gasteiger partial charge is 0.225 e. The molecule has 2 fully saturated rings. The second-order valence-electron chi connectivity index (χ2n) is 7.32. The number of likely N-dealkylation sites (tertiary alicyclic amines) is 1. The molecule has 0 radical (unpaired) electrons. The number of hydrogen-bond acceptors (Lipinski definition) is 3. The average Bonchev–Trinajstić information content (AvgIpc) is 2.52. The summed E-state index contributed by atoms with van der Waals surface area (Å²) in [5, 5.41) is 3.00. The van der Waals surface area contributed by atoms with Gasteiger partial charge < -0.3 is 16.0 Å². The molecule has 0 aromatic carbocycles. The monoisotopic (exact) mass is 309 g/mol. The first kappa shape index (κ1) is 17.3. The molecule has 5 heteroatoms. The molecule has 1 saturated heterocycles. The first-order valence-electron chi connectivity index (χ1n) is 8.79. The Labute approximate surface area is 134 Å². The lowest BCUT2D eigenvalue weighted by Crippen LogP contribution is -2.47. The molecule has 3 unspecified atom stereocenters. The highest BCUT2D eigenvalue weighted by Gasteiger charge is 2.31. The molecule has 5 nitrogen and oxygen atoms in total. The van der Waals surface area contributed by atoms with Gasteiger partial charge in [0, 0.05) is 37.5 Å². The number of nitrogens with one attached hydrogen (secondary N) is 1. The van der Waals surface area contributed by atoms with Crippen molar-refractivity contribution in [1.82, 2.24) is 10.2 Å². The van der Waals surface area contributed by atoms with E-state index in [2.05, 4.69) is 5.32 Å². The van der Waals surface area contributed by atoms with Gasteiger partial charge >= 0.3 is 0 Å². The molecule has 1 saturated carbocycles. The van der Waals surface area contributed by atoms with E-state index < -0.39 is 0 Å². The Bertz CT molecular complexity index is 397. The van der Waals surface area contributed by atoms with Crippen LogP contribution in [0.2, 0.25) is 0 Å². The third-order valence-corrected chi connectivity index (χ3v) is 4.98. The Morgan fingerprint density at radius 2 is 2.00 bits per heavy atom. The minimum Gasteiger partial charge on any atom is -0.356 e. The van der Waals surface area contributed by atoms with Crippen LogP contribution in [0.5, 0.6) is 0 Å². The average molecular weight is 309 g/mol. The van der Waals surface area contributed by atoms with Gasteiger partial charge in [0.15, 0.2) is 0 Å². The molecule has 1 aliphatic heterocycles. The van der Waals surface area contributed by atoms with Crippen LogP contribution < -0.4 is 11.1 Å². The predicted octanol–water partition coefficient (Wildman–Crippen LogP) is 1.51. The molecule has 0 spiro atoms. The lowest BCUT2D eigenvalue weighted by atomic mass is 9.84. The van der Waals surface area contributed by atoms with Crippen LogP contribution in [0.4, 0.5) is 0 Å². The maximum atomic E-state index is 12.7. The van der Waals surface area contributed by atoms with Crippen LogP contribution in [0, 0.1) is 17.8 Å². The number of carbonyl (C=O) groups is 2. The summed E-state index contributed by atoms with van der Waals surface area (Å²) in [5.41, 5.74) is 6.01. The van der Waals surface area contributed by atoms with Crippen molar-refractivity contribution in [3.8, 4) is 0 Å². The Kier molecular flexibility index (Phi) is 6.24. The van der Waals surface area contributed by atoms with Crippen molar-refractivity contribution in [1.29, 1.82) is 0 Å². The van der Waals surface area contributed by atoms with E-state index >= 15 is 0 Å². The zero-order valence-corrected chi connectivity index (χ0v) is 14.0. The van der Waals surface area contributed by atoms with E-state index in [1.807, 2.05) is 18.7 Å². The number of amides is 2. The first-order valence-corrected chi connectivity index (χ1v) is 8.79. The van der Waals surface area contributed by atoms with Crippen LogP contribution in [-0.2, 0) is 9.59 Å². The SMILES string of the molecule is CC(C)C(=O)NCC1CCCN(C(=O)C2CCCC(N)C2)C1. The van der Waals surface area contributed by atoms with Crippen LogP contribution in [0.1, 0.15) is 52.4 Å². The van der Waals surface area contributed by atoms with Crippen molar-refractivity contribution < 1.29 is 9.59 Å². The third-order valence-electron chi connectivity index (χ3n) is 4.98. The minimum atomic E-state index is 0.0186. The molecular formula is C17H31N3O2. The van der Waals surface area contributed by atoms with Crippen molar-refractivity contribution in [3.63, 3.8) is 0 Å². The summed E-state index contributed by atoms with van der Waals surface area (Å²) in [6, 6.07) is 0.189. The molecule has 126 valence electrons. The Morgan fingerprint density at radius 1 is 1.23 bits per heavy atom. The highest BCUT2D eigenvalue weighted by molar-refractivity contribution is 5.79. The largest absolute Gasteiger partial charge is 0.356 e. The summed E-state index contributed by atoms with van der Waals surface area (Å²) in [6.07, 6.45) is 6.06. The molecule has 2 rings (SSSR count). The first-order chi connectivity index (χ1) is 10.5. The van der Waals surface area contributed by atoms with Crippen LogP contribution in [0.25, 0.3) is 0 Å². The van der Waals surface area contributed by atoms with Crippen LogP contribution in [0.3, 0.4) is 0 Å². The topological polar surface area (TPSA) is 75.4 Å². The lowest BCUT2D eigenvalue weighted by Gasteiger charge is -2.37. The fourth-order valence-electron chi connectivity index (χ4n) is 3.59. The third kappa shape index (κ3) is 4.70. The molecule has 22 heavy (non-hydrogen) atoms. The van der Waals surface area contributed by atoms with Crippen molar-refractivity contribution in [2.24, 2.45) is 23.5 Å². The molecule has 2 amide bonds. The summed E-state index contributed by atoms with van der Waals surface area (Å²) in [7, 11) is 0. The van der Waals surface area contributed by atoms with E-state index in [1.165, 1.54) is 0 Å². The van der Waals surface area contributed by atoms with Crippen LogP contribution >= 0.6 is 0 Å². The zero-order valence-electron chi connectivity index (χ0n) is 14.0. The van der Waals surface area contributed by atoms with Crippen LogP contribution in [-0.4, -0.2) is 42.4 Å². The molecule has 3 atom stereocenters. The highest BCUT2D eigenvalue weighted by atomic mass is 16.2. The van der Waals surface area contributed by atoms with Gasteiger partial charge in [0.1, 0.15) is 0 Å². The van der Waals surface area contributed by atoms with Gasteiger partial charge in [-0.3, -0.25) is 9.59 Å². The molecule has 0 aromatic rings. The van der Waals surface area contributed by atoms with Gasteiger partial charge in [0.2, 0.25) is 11.8 Å². The summed E-state index contributed by atoms with van der Waals surface area (Å²) < 4.78 is 0. The number of nitrogens with two attached hydrogens (primary N) is 1. The fourth-order valence-corrected chi connectivity index (χ4v) is 3.59. The van der Waals surface area contributed by atoms with E-state index in [9.17, 15) is 9.59 Å². The second-order valence-corrected chi connectivity index (χ2v) is 7.32. The van der Waals surface area contributed by atoms with Gasteiger partial charge in [-0.1, -0.05) is 20.3 Å². The van der Waals surface area contributed by atoms with Gasteiger partial charge in [-0.2, -0.15) is 0 Å². The predicted molar refractivity (Wildman–Crippen MR) is 87.1 cm³/mol. The lowest BCUT2D eigenvalue weighted by molar-refractivity contribution is -0.138. The van der Waals surface area contributed by atoms with Gasteiger partial charge in [0.25, 0.3) is 0 Å². The number of hydrogen-bond donors (Lipinski definition) is 2. The maximum Gasteiger partial charge on any atom is 0.225 e. The number of carbonyl (C=O) groups excluding carboxylic acids is 2. The van der Waals surface area contributed by atoms with Crippen molar-refractivity contribution in [2.75, 3.05) is 19.6 Å². The molecule has 1 heterocycles. The highest BCUT2D eigenvalue weighted by Crippen LogP contribution is 2.27. The summed E-state index contributed by atoms with van der Waals surface area (Å²) in [5.74, 6) is 0.909. The molecule has 0 aromatic heterocycles. The molecular weight excluding hydrogens is 278 g/mol. The van der Waals surface area contributed by atoms with Gasteiger partial charge in [-0.25, -0.2) is 0 Å². The minimum absolute atomic E-state index is 0.0186. The van der Waals surface area contributed by atoms with Crippen molar-refractivity contribution >= 4 is 11.8 Å². The number of rotatable bonds is 4. The van der Waals surface area contributed by atoms with Crippen molar-refractivity contribution in [2.45, 2.75) is 58.4 Å². The fraction of sp³-hybridized carbons (Fsp3) is 0.882. The zero-order chi connectivity index (χ0) is 16.1. The Balaban J connectivity index is 1.82. The molecule has 3 N–H and O–H groups in total. The van der Waals surface area contributed by atoms with Crippen molar-refractivity contribution in [3.05, 3.63) is 0 Å².